The molecule has 176 valence electrons. The van der Waals surface area contributed by atoms with Gasteiger partial charge in [0.1, 0.15) is 6.61 Å². The summed E-state index contributed by atoms with van der Waals surface area (Å²) in [5.74, 6) is -0.00603. The Bertz CT molecular complexity index is 1330. The minimum absolute atomic E-state index is 0.159. The van der Waals surface area contributed by atoms with E-state index in [0.717, 1.165) is 32.7 Å². The largest absolute Gasteiger partial charge is 0.445 e. The number of piperidine rings is 1. The van der Waals surface area contributed by atoms with Crippen molar-refractivity contribution in [2.45, 2.75) is 31.5 Å². The SMILES string of the molecule is O=C(c1c2ccccc2cc2ccccc12)C1CC2COCC(C1)N2C(=O)OCc1ccccc1. The van der Waals surface area contributed by atoms with Crippen LogP contribution >= 0.6 is 0 Å². The number of carbonyl (C=O) groups excluding carboxylic acids is 2. The summed E-state index contributed by atoms with van der Waals surface area (Å²) < 4.78 is 11.4. The molecule has 5 heteroatoms. The number of morpholine rings is 1. The number of carbonyl (C=O) groups is 2. The third kappa shape index (κ3) is 4.06. The Labute approximate surface area is 204 Å². The van der Waals surface area contributed by atoms with E-state index in [1.807, 2.05) is 71.6 Å². The van der Waals surface area contributed by atoms with Crippen molar-refractivity contribution in [2.24, 2.45) is 5.92 Å². The molecule has 0 aliphatic carbocycles. The molecule has 0 aromatic heterocycles. The Kier molecular flexibility index (Phi) is 5.71. The van der Waals surface area contributed by atoms with Crippen LogP contribution in [0.1, 0.15) is 28.8 Å². The highest BCUT2D eigenvalue weighted by molar-refractivity contribution is 6.19. The van der Waals surface area contributed by atoms with Gasteiger partial charge < -0.3 is 9.47 Å². The first-order valence-corrected chi connectivity index (χ1v) is 12.2. The lowest BCUT2D eigenvalue weighted by atomic mass is 9.79. The summed E-state index contributed by atoms with van der Waals surface area (Å²) in [4.78, 5) is 28.9. The second-order valence-electron chi connectivity index (χ2n) is 9.52. The van der Waals surface area contributed by atoms with Crippen molar-refractivity contribution in [3.8, 4) is 0 Å². The van der Waals surface area contributed by atoms with E-state index in [0.29, 0.717) is 26.1 Å². The van der Waals surface area contributed by atoms with Crippen LogP contribution in [0.25, 0.3) is 21.5 Å². The number of ether oxygens (including phenoxy) is 2. The summed E-state index contributed by atoms with van der Waals surface area (Å²) in [6.07, 6.45) is 0.828. The first kappa shape index (κ1) is 21.8. The van der Waals surface area contributed by atoms with E-state index in [1.165, 1.54) is 0 Å². The lowest BCUT2D eigenvalue weighted by Gasteiger charge is -2.47. The van der Waals surface area contributed by atoms with Gasteiger partial charge in [0.25, 0.3) is 0 Å². The topological polar surface area (TPSA) is 55.8 Å². The van der Waals surface area contributed by atoms with Gasteiger partial charge in [-0.2, -0.15) is 0 Å². The van der Waals surface area contributed by atoms with Crippen LogP contribution in [-0.4, -0.2) is 42.1 Å². The molecule has 0 saturated carbocycles. The molecule has 4 aromatic rings. The van der Waals surface area contributed by atoms with Crippen molar-refractivity contribution < 1.29 is 19.1 Å². The molecule has 6 rings (SSSR count). The molecule has 2 heterocycles. The van der Waals surface area contributed by atoms with Gasteiger partial charge in [-0.05, 0) is 46.0 Å². The molecule has 0 spiro atoms. The molecule has 2 unspecified atom stereocenters. The zero-order valence-corrected chi connectivity index (χ0v) is 19.4. The van der Waals surface area contributed by atoms with E-state index in [1.54, 1.807) is 0 Å². The van der Waals surface area contributed by atoms with E-state index >= 15 is 0 Å². The van der Waals surface area contributed by atoms with Gasteiger partial charge in [-0.15, -0.1) is 0 Å². The van der Waals surface area contributed by atoms with Gasteiger partial charge >= 0.3 is 6.09 Å². The Morgan fingerprint density at radius 2 is 1.37 bits per heavy atom. The van der Waals surface area contributed by atoms with Crippen molar-refractivity contribution in [1.82, 2.24) is 4.90 Å². The molecule has 1 amide bonds. The fourth-order valence-electron chi connectivity index (χ4n) is 5.70. The minimum Gasteiger partial charge on any atom is -0.445 e. The fraction of sp³-hybridized carbons (Fsp3) is 0.267. The van der Waals surface area contributed by atoms with Crippen LogP contribution in [0.2, 0.25) is 0 Å². The fourth-order valence-corrected chi connectivity index (χ4v) is 5.70. The predicted octanol–water partition coefficient (Wildman–Crippen LogP) is 5.99. The van der Waals surface area contributed by atoms with Crippen LogP contribution in [0.4, 0.5) is 4.79 Å². The van der Waals surface area contributed by atoms with Gasteiger partial charge in [0, 0.05) is 11.5 Å². The molecule has 35 heavy (non-hydrogen) atoms. The van der Waals surface area contributed by atoms with E-state index < -0.39 is 0 Å². The molecule has 2 saturated heterocycles. The quantitative estimate of drug-likeness (QED) is 0.274. The van der Waals surface area contributed by atoms with Crippen molar-refractivity contribution in [2.75, 3.05) is 13.2 Å². The first-order valence-electron chi connectivity index (χ1n) is 12.2. The molecule has 2 bridgehead atoms. The average Bonchev–Trinajstić information content (AvgIpc) is 2.89. The van der Waals surface area contributed by atoms with Gasteiger partial charge in [-0.3, -0.25) is 9.69 Å². The number of amides is 1. The summed E-state index contributed by atoms with van der Waals surface area (Å²) >= 11 is 0. The highest BCUT2D eigenvalue weighted by Gasteiger charge is 2.44. The van der Waals surface area contributed by atoms with Crippen molar-refractivity contribution in [3.05, 3.63) is 96.1 Å². The molecule has 2 fully saturated rings. The number of ketones is 1. The van der Waals surface area contributed by atoms with Crippen LogP contribution in [0.5, 0.6) is 0 Å². The van der Waals surface area contributed by atoms with Gasteiger partial charge in [0.05, 0.1) is 25.3 Å². The summed E-state index contributed by atoms with van der Waals surface area (Å²) in [5, 5.41) is 4.12. The number of Topliss-reactive ketones (excluding diaryl/α,β-unsaturated/α-hetero) is 1. The smallest absolute Gasteiger partial charge is 0.410 e. The van der Waals surface area contributed by atoms with Gasteiger partial charge in [0.15, 0.2) is 5.78 Å². The van der Waals surface area contributed by atoms with Gasteiger partial charge in [0.2, 0.25) is 0 Å². The maximum atomic E-state index is 14.1. The maximum Gasteiger partial charge on any atom is 0.410 e. The Balaban J connectivity index is 1.27. The van der Waals surface area contributed by atoms with Gasteiger partial charge in [-0.1, -0.05) is 78.9 Å². The highest BCUT2D eigenvalue weighted by Crippen LogP contribution is 2.37. The summed E-state index contributed by atoms with van der Waals surface area (Å²) in [6.45, 7) is 1.09. The zero-order valence-electron chi connectivity index (χ0n) is 19.4. The molecule has 5 nitrogen and oxygen atoms in total. The minimum atomic E-state index is -0.325. The second kappa shape index (κ2) is 9.16. The molecule has 0 N–H and O–H groups in total. The van der Waals surface area contributed by atoms with Crippen LogP contribution < -0.4 is 0 Å². The van der Waals surface area contributed by atoms with Crippen LogP contribution in [0, 0.1) is 5.92 Å². The normalized spacial score (nSPS) is 21.7. The van der Waals surface area contributed by atoms with Crippen molar-refractivity contribution in [1.29, 1.82) is 0 Å². The van der Waals surface area contributed by atoms with E-state index in [9.17, 15) is 9.59 Å². The molecule has 4 aromatic carbocycles. The Morgan fingerprint density at radius 3 is 2.00 bits per heavy atom. The molecule has 2 atom stereocenters. The molecular weight excluding hydrogens is 438 g/mol. The van der Waals surface area contributed by atoms with Crippen LogP contribution in [0.15, 0.2) is 84.9 Å². The number of benzene rings is 4. The monoisotopic (exact) mass is 465 g/mol. The summed E-state index contributed by atoms with van der Waals surface area (Å²) in [7, 11) is 0. The Morgan fingerprint density at radius 1 is 0.800 bits per heavy atom. The lowest BCUT2D eigenvalue weighted by molar-refractivity contribution is -0.0755. The Hall–Kier alpha value is -3.70. The standard InChI is InChI=1S/C30H27NO4/c32-29(28-26-12-6-4-10-21(26)14-22-11-5-7-13-27(22)28)23-15-24-18-34-19-25(16-23)31(24)30(33)35-17-20-8-2-1-3-9-20/h1-14,23-25H,15-19H2. The molecule has 0 radical (unpaired) electrons. The first-order chi connectivity index (χ1) is 17.2. The van der Waals surface area contributed by atoms with Crippen LogP contribution in [-0.2, 0) is 16.1 Å². The number of fused-ring (bicyclic) bond motifs is 4. The molecule has 2 aliphatic heterocycles. The molecular formula is C30H27NO4. The van der Waals surface area contributed by atoms with Crippen molar-refractivity contribution >= 4 is 33.4 Å². The lowest BCUT2D eigenvalue weighted by Crippen LogP contribution is -2.59. The summed E-state index contributed by atoms with van der Waals surface area (Å²) in [5.41, 5.74) is 1.75. The van der Waals surface area contributed by atoms with E-state index in [-0.39, 0.29) is 36.5 Å². The molecule has 2 aliphatic rings. The second-order valence-corrected chi connectivity index (χ2v) is 9.52. The number of hydrogen-bond donors (Lipinski definition) is 0. The van der Waals surface area contributed by atoms with Crippen molar-refractivity contribution in [3.63, 3.8) is 0 Å². The average molecular weight is 466 g/mol. The third-order valence-corrected chi connectivity index (χ3v) is 7.32. The maximum absolute atomic E-state index is 14.1. The predicted molar refractivity (Wildman–Crippen MR) is 135 cm³/mol. The van der Waals surface area contributed by atoms with E-state index in [4.69, 9.17) is 9.47 Å². The zero-order chi connectivity index (χ0) is 23.8. The summed E-state index contributed by atoms with van der Waals surface area (Å²) in [6, 6.07) is 27.7. The highest BCUT2D eigenvalue weighted by atomic mass is 16.6. The van der Waals surface area contributed by atoms with E-state index in [2.05, 4.69) is 18.2 Å². The van der Waals surface area contributed by atoms with Gasteiger partial charge in [-0.25, -0.2) is 4.79 Å². The van der Waals surface area contributed by atoms with Crippen LogP contribution in [0.3, 0.4) is 0 Å². The number of hydrogen-bond acceptors (Lipinski definition) is 4. The number of nitrogens with zero attached hydrogens (tertiary/aromatic N) is 1. The third-order valence-electron chi connectivity index (χ3n) is 7.32. The number of rotatable bonds is 4.